The molecule has 0 amide bonds. The van der Waals surface area contributed by atoms with Crippen LogP contribution in [0.25, 0.3) is 0 Å². The molecule has 0 aliphatic carbocycles. The molecule has 1 saturated heterocycles. The van der Waals surface area contributed by atoms with Crippen molar-refractivity contribution in [1.82, 2.24) is 4.90 Å². The van der Waals surface area contributed by atoms with E-state index in [1.807, 2.05) is 6.07 Å². The first-order valence-corrected chi connectivity index (χ1v) is 5.46. The molecule has 88 valence electrons. The Morgan fingerprint density at radius 1 is 1.38 bits per heavy atom. The molecule has 1 aromatic heterocycles. The van der Waals surface area contributed by atoms with E-state index < -0.39 is 0 Å². The van der Waals surface area contributed by atoms with Crippen LogP contribution in [0.4, 0.5) is 5.69 Å². The summed E-state index contributed by atoms with van der Waals surface area (Å²) in [6, 6.07) is 1.82. The fourth-order valence-corrected chi connectivity index (χ4v) is 2.02. The Kier molecular flexibility index (Phi) is 3.58. The summed E-state index contributed by atoms with van der Waals surface area (Å²) < 4.78 is 5.08. The predicted octanol–water partition coefficient (Wildman–Crippen LogP) is 0.206. The number of β-amino-alcohol motifs (C(OH)–C–C–N with tert-alkyl or cyclic N) is 1. The Morgan fingerprint density at radius 3 is 2.75 bits per heavy atom. The van der Waals surface area contributed by atoms with Gasteiger partial charge in [-0.25, -0.2) is 0 Å². The van der Waals surface area contributed by atoms with E-state index >= 15 is 0 Å². The molecule has 1 aromatic rings. The van der Waals surface area contributed by atoms with E-state index in [4.69, 9.17) is 9.52 Å². The topological polar surface area (TPSA) is 56.9 Å². The molecule has 5 heteroatoms. The lowest BCUT2D eigenvalue weighted by atomic mass is 10.2. The number of anilines is 1. The summed E-state index contributed by atoms with van der Waals surface area (Å²) in [5, 5.41) is 8.83. The number of carbonyl (C=O) groups is 1. The number of piperazine rings is 1. The largest absolute Gasteiger partial charge is 0.459 e. The van der Waals surface area contributed by atoms with E-state index in [2.05, 4.69) is 9.80 Å². The predicted molar refractivity (Wildman–Crippen MR) is 59.8 cm³/mol. The lowest BCUT2D eigenvalue weighted by molar-refractivity contribution is 0.110. The number of aliphatic hydroxyl groups is 1. The fraction of sp³-hybridized carbons (Fsp3) is 0.545. The molecule has 2 rings (SSSR count). The Hall–Kier alpha value is -1.33. The lowest BCUT2D eigenvalue weighted by Crippen LogP contribution is -2.47. The van der Waals surface area contributed by atoms with Crippen molar-refractivity contribution in [3.8, 4) is 0 Å². The number of furan rings is 1. The molecule has 0 aromatic carbocycles. The summed E-state index contributed by atoms with van der Waals surface area (Å²) in [5.41, 5.74) is 0.874. The van der Waals surface area contributed by atoms with Gasteiger partial charge in [-0.15, -0.1) is 0 Å². The molecule has 0 spiro atoms. The molecule has 0 atom stereocenters. The van der Waals surface area contributed by atoms with Crippen LogP contribution in [0.15, 0.2) is 16.7 Å². The molecule has 0 unspecified atom stereocenters. The van der Waals surface area contributed by atoms with Crippen LogP contribution in [-0.2, 0) is 0 Å². The van der Waals surface area contributed by atoms with E-state index in [9.17, 15) is 4.79 Å². The van der Waals surface area contributed by atoms with Crippen molar-refractivity contribution in [2.24, 2.45) is 0 Å². The Morgan fingerprint density at radius 2 is 2.12 bits per heavy atom. The zero-order valence-electron chi connectivity index (χ0n) is 9.13. The van der Waals surface area contributed by atoms with Crippen molar-refractivity contribution in [2.75, 3.05) is 44.2 Å². The number of aldehydes is 1. The maximum absolute atomic E-state index is 10.7. The van der Waals surface area contributed by atoms with Gasteiger partial charge in [0.1, 0.15) is 0 Å². The van der Waals surface area contributed by atoms with Gasteiger partial charge < -0.3 is 14.4 Å². The monoisotopic (exact) mass is 224 g/mol. The van der Waals surface area contributed by atoms with Crippen molar-refractivity contribution in [2.45, 2.75) is 0 Å². The van der Waals surface area contributed by atoms with Crippen LogP contribution >= 0.6 is 0 Å². The summed E-state index contributed by atoms with van der Waals surface area (Å²) >= 11 is 0. The van der Waals surface area contributed by atoms with Gasteiger partial charge in [0, 0.05) is 38.8 Å². The summed E-state index contributed by atoms with van der Waals surface area (Å²) in [5.74, 6) is 0.399. The molecule has 5 nitrogen and oxygen atoms in total. The van der Waals surface area contributed by atoms with Crippen LogP contribution in [0.5, 0.6) is 0 Å². The van der Waals surface area contributed by atoms with Gasteiger partial charge in [0.05, 0.1) is 18.6 Å². The summed E-state index contributed by atoms with van der Waals surface area (Å²) in [4.78, 5) is 15.1. The standard InChI is InChI=1S/C11H16N2O3/c14-7-6-12-2-4-13(5-3-12)10-1-8-16-11(10)9-15/h1,8-9,14H,2-7H2. The maximum atomic E-state index is 10.7. The Labute approximate surface area is 94.2 Å². The van der Waals surface area contributed by atoms with Gasteiger partial charge in [0.2, 0.25) is 0 Å². The highest BCUT2D eigenvalue weighted by molar-refractivity contribution is 5.80. The van der Waals surface area contributed by atoms with Crippen molar-refractivity contribution in [1.29, 1.82) is 0 Å². The third-order valence-electron chi connectivity index (χ3n) is 2.91. The van der Waals surface area contributed by atoms with Gasteiger partial charge in [0.25, 0.3) is 0 Å². The van der Waals surface area contributed by atoms with Gasteiger partial charge in [-0.2, -0.15) is 0 Å². The average molecular weight is 224 g/mol. The van der Waals surface area contributed by atoms with Crippen molar-refractivity contribution in [3.05, 3.63) is 18.1 Å². The highest BCUT2D eigenvalue weighted by atomic mass is 16.3. The molecule has 0 radical (unpaired) electrons. The van der Waals surface area contributed by atoms with Crippen molar-refractivity contribution in [3.63, 3.8) is 0 Å². The zero-order valence-corrected chi connectivity index (χ0v) is 9.13. The van der Waals surface area contributed by atoms with E-state index in [-0.39, 0.29) is 6.61 Å². The molecule has 0 saturated carbocycles. The van der Waals surface area contributed by atoms with Gasteiger partial charge in [0.15, 0.2) is 12.0 Å². The summed E-state index contributed by atoms with van der Waals surface area (Å²) in [6.07, 6.45) is 2.29. The minimum absolute atomic E-state index is 0.200. The fourth-order valence-electron chi connectivity index (χ4n) is 2.02. The zero-order chi connectivity index (χ0) is 11.4. The van der Waals surface area contributed by atoms with Crippen LogP contribution in [0, 0.1) is 0 Å². The second-order valence-corrected chi connectivity index (χ2v) is 3.84. The SMILES string of the molecule is O=Cc1occc1N1CCN(CCO)CC1. The first-order valence-electron chi connectivity index (χ1n) is 5.46. The average Bonchev–Trinajstić information content (AvgIpc) is 2.78. The van der Waals surface area contributed by atoms with Crippen LogP contribution in [0.3, 0.4) is 0 Å². The van der Waals surface area contributed by atoms with Crippen molar-refractivity contribution < 1.29 is 14.3 Å². The minimum Gasteiger partial charge on any atom is -0.459 e. The first kappa shape index (κ1) is 11.2. The second kappa shape index (κ2) is 5.14. The molecule has 1 aliphatic heterocycles. The number of carbonyl (C=O) groups excluding carboxylic acids is 1. The molecular weight excluding hydrogens is 208 g/mol. The van der Waals surface area contributed by atoms with Crippen molar-refractivity contribution >= 4 is 12.0 Å². The van der Waals surface area contributed by atoms with Crippen LogP contribution < -0.4 is 4.90 Å². The number of hydrogen-bond donors (Lipinski definition) is 1. The summed E-state index contributed by atoms with van der Waals surface area (Å²) in [6.45, 7) is 4.46. The Balaban J connectivity index is 1.96. The highest BCUT2D eigenvalue weighted by Crippen LogP contribution is 2.21. The molecule has 16 heavy (non-hydrogen) atoms. The second-order valence-electron chi connectivity index (χ2n) is 3.84. The Bertz CT molecular complexity index is 343. The number of nitrogens with zero attached hydrogens (tertiary/aromatic N) is 2. The maximum Gasteiger partial charge on any atom is 0.189 e. The molecule has 2 heterocycles. The van der Waals surface area contributed by atoms with Gasteiger partial charge in [-0.1, -0.05) is 0 Å². The van der Waals surface area contributed by atoms with Gasteiger partial charge in [-0.05, 0) is 0 Å². The lowest BCUT2D eigenvalue weighted by Gasteiger charge is -2.35. The molecular formula is C11H16N2O3. The smallest absolute Gasteiger partial charge is 0.189 e. The van der Waals surface area contributed by atoms with E-state index in [0.29, 0.717) is 5.76 Å². The first-order chi connectivity index (χ1) is 7.85. The normalized spacial score (nSPS) is 17.7. The number of rotatable bonds is 4. The molecule has 1 aliphatic rings. The third kappa shape index (κ3) is 2.25. The van der Waals surface area contributed by atoms with Crippen LogP contribution in [0.2, 0.25) is 0 Å². The third-order valence-corrected chi connectivity index (χ3v) is 2.91. The quantitative estimate of drug-likeness (QED) is 0.741. The van der Waals surface area contributed by atoms with Gasteiger partial charge >= 0.3 is 0 Å². The van der Waals surface area contributed by atoms with Crippen LogP contribution in [0.1, 0.15) is 10.6 Å². The minimum atomic E-state index is 0.200. The molecule has 1 fully saturated rings. The van der Waals surface area contributed by atoms with Crippen LogP contribution in [-0.4, -0.2) is 55.6 Å². The van der Waals surface area contributed by atoms with E-state index in [1.54, 1.807) is 6.26 Å². The highest BCUT2D eigenvalue weighted by Gasteiger charge is 2.19. The number of hydrogen-bond acceptors (Lipinski definition) is 5. The summed E-state index contributed by atoms with van der Waals surface area (Å²) in [7, 11) is 0. The van der Waals surface area contributed by atoms with Gasteiger partial charge in [-0.3, -0.25) is 9.69 Å². The number of aliphatic hydroxyl groups excluding tert-OH is 1. The molecule has 1 N–H and O–H groups in total. The van der Waals surface area contributed by atoms with E-state index in [0.717, 1.165) is 44.7 Å². The van der Waals surface area contributed by atoms with E-state index in [1.165, 1.54) is 0 Å². The molecule has 0 bridgehead atoms.